The van der Waals surface area contributed by atoms with E-state index >= 15 is 0 Å². The average molecular weight is 284 g/mol. The third kappa shape index (κ3) is 2.60. The number of allylic oxidation sites excluding steroid dienone is 1. The average Bonchev–Trinajstić information content (AvgIpc) is 2.90. The molecule has 3 aromatic rings. The van der Waals surface area contributed by atoms with Gasteiger partial charge in [-0.2, -0.15) is 0 Å². The van der Waals surface area contributed by atoms with Crippen LogP contribution in [0.5, 0.6) is 0 Å². The Morgan fingerprint density at radius 2 is 2.00 bits per heavy atom. The second-order valence-electron chi connectivity index (χ2n) is 4.21. The molecule has 3 rings (SSSR count). The highest BCUT2D eigenvalue weighted by Crippen LogP contribution is 2.12. The Hall–Kier alpha value is -2.46. The molecule has 0 radical (unpaired) electrons. The molecule has 0 unspecified atom stereocenters. The molecule has 4 nitrogen and oxygen atoms in total. The van der Waals surface area contributed by atoms with Crippen LogP contribution in [0.4, 0.5) is 0 Å². The molecule has 1 aromatic carbocycles. The van der Waals surface area contributed by atoms with Gasteiger partial charge in [0.15, 0.2) is 11.5 Å². The number of rotatable bonds is 3. The van der Waals surface area contributed by atoms with E-state index < -0.39 is 0 Å². The summed E-state index contributed by atoms with van der Waals surface area (Å²) >= 11 is 5.80. The highest BCUT2D eigenvalue weighted by Gasteiger charge is 2.08. The maximum Gasteiger partial charge on any atom is 0.221 e. The summed E-state index contributed by atoms with van der Waals surface area (Å²) in [5, 5.41) is 0.664. The van der Waals surface area contributed by atoms with Crippen LogP contribution in [0, 0.1) is 0 Å². The molecule has 0 spiro atoms. The predicted octanol–water partition coefficient (Wildman–Crippen LogP) is 3.51. The number of hydrogen-bond donors (Lipinski definition) is 1. The van der Waals surface area contributed by atoms with E-state index in [1.165, 1.54) is 6.08 Å². The molecule has 0 fully saturated rings. The molecule has 0 aliphatic heterocycles. The molecule has 0 bridgehead atoms. The van der Waals surface area contributed by atoms with Crippen molar-refractivity contribution in [2.24, 2.45) is 0 Å². The number of hydrogen-bond acceptors (Lipinski definition) is 3. The van der Waals surface area contributed by atoms with Gasteiger partial charge in [-0.3, -0.25) is 4.79 Å². The van der Waals surface area contributed by atoms with Gasteiger partial charge in [0.25, 0.3) is 0 Å². The molecule has 2 aromatic heterocycles. The molecule has 0 aliphatic carbocycles. The van der Waals surface area contributed by atoms with Crippen LogP contribution < -0.4 is 0 Å². The fourth-order valence-electron chi connectivity index (χ4n) is 1.79. The number of ketones is 1. The Morgan fingerprint density at radius 3 is 2.75 bits per heavy atom. The zero-order valence-electron chi connectivity index (χ0n) is 10.4. The molecular formula is C15H10ClN3O. The number of H-pyrrole nitrogens is 1. The summed E-state index contributed by atoms with van der Waals surface area (Å²) in [4.78, 5) is 23.2. The van der Waals surface area contributed by atoms with Crippen LogP contribution in [0.15, 0.2) is 48.7 Å². The zero-order chi connectivity index (χ0) is 13.9. The number of carbonyl (C=O) groups is 1. The lowest BCUT2D eigenvalue weighted by Gasteiger charge is -1.93. The molecule has 98 valence electrons. The first-order chi connectivity index (χ1) is 9.72. The molecule has 0 aliphatic rings. The highest BCUT2D eigenvalue weighted by atomic mass is 35.5. The first-order valence-electron chi connectivity index (χ1n) is 6.01. The number of carbonyl (C=O) groups excluding carboxylic acids is 1. The number of halogens is 1. The van der Waals surface area contributed by atoms with Gasteiger partial charge in [-0.1, -0.05) is 29.8 Å². The van der Waals surface area contributed by atoms with Crippen LogP contribution in [0.25, 0.3) is 17.2 Å². The van der Waals surface area contributed by atoms with Crippen molar-refractivity contribution >= 4 is 34.6 Å². The number of nitrogens with one attached hydrogen (secondary N) is 1. The van der Waals surface area contributed by atoms with Crippen molar-refractivity contribution in [3.05, 3.63) is 65.1 Å². The van der Waals surface area contributed by atoms with Crippen molar-refractivity contribution in [2.75, 3.05) is 0 Å². The van der Waals surface area contributed by atoms with E-state index in [1.807, 2.05) is 18.2 Å². The minimum atomic E-state index is -0.196. The van der Waals surface area contributed by atoms with Crippen molar-refractivity contribution in [1.82, 2.24) is 15.0 Å². The molecule has 1 N–H and O–H groups in total. The molecular weight excluding hydrogens is 274 g/mol. The van der Waals surface area contributed by atoms with Crippen LogP contribution in [-0.4, -0.2) is 20.7 Å². The predicted molar refractivity (Wildman–Crippen MR) is 78.7 cm³/mol. The molecule has 0 amide bonds. The van der Waals surface area contributed by atoms with Gasteiger partial charge in [-0.15, -0.1) is 0 Å². The van der Waals surface area contributed by atoms with Crippen LogP contribution in [0.2, 0.25) is 5.02 Å². The van der Waals surface area contributed by atoms with Crippen LogP contribution in [-0.2, 0) is 0 Å². The van der Waals surface area contributed by atoms with E-state index in [1.54, 1.807) is 30.5 Å². The normalized spacial score (nSPS) is 11.2. The summed E-state index contributed by atoms with van der Waals surface area (Å²) in [5.41, 5.74) is 2.18. The SMILES string of the molecule is O=C(C=Cc1ccc(Cl)cc1)c1nc2ncccc2[nH]1. The molecule has 5 heteroatoms. The van der Waals surface area contributed by atoms with Crippen LogP contribution in [0.1, 0.15) is 16.2 Å². The van der Waals surface area contributed by atoms with E-state index in [9.17, 15) is 4.79 Å². The van der Waals surface area contributed by atoms with Crippen molar-refractivity contribution in [2.45, 2.75) is 0 Å². The minimum Gasteiger partial charge on any atom is -0.334 e. The van der Waals surface area contributed by atoms with Gasteiger partial charge in [-0.05, 0) is 35.9 Å². The molecule has 0 atom stereocenters. The smallest absolute Gasteiger partial charge is 0.221 e. The van der Waals surface area contributed by atoms with Crippen LogP contribution in [0.3, 0.4) is 0 Å². The quantitative estimate of drug-likeness (QED) is 0.591. The number of benzene rings is 1. The summed E-state index contributed by atoms with van der Waals surface area (Å²) in [5.74, 6) is 0.0851. The standard InChI is InChI=1S/C15H10ClN3O/c16-11-6-3-10(4-7-11)5-8-13(20)15-18-12-2-1-9-17-14(12)19-15/h1-9H,(H,17,18,19). The maximum atomic E-state index is 12.0. The number of imidazole rings is 1. The zero-order valence-corrected chi connectivity index (χ0v) is 11.1. The van der Waals surface area contributed by atoms with Crippen molar-refractivity contribution in [1.29, 1.82) is 0 Å². The van der Waals surface area contributed by atoms with Crippen LogP contribution >= 0.6 is 11.6 Å². The lowest BCUT2D eigenvalue weighted by Crippen LogP contribution is -1.96. The van der Waals surface area contributed by atoms with Gasteiger partial charge in [0.05, 0.1) is 5.52 Å². The first kappa shape index (κ1) is 12.6. The van der Waals surface area contributed by atoms with E-state index in [0.717, 1.165) is 11.1 Å². The second kappa shape index (κ2) is 5.27. The van der Waals surface area contributed by atoms with Gasteiger partial charge < -0.3 is 4.98 Å². The fourth-order valence-corrected chi connectivity index (χ4v) is 1.91. The molecule has 20 heavy (non-hydrogen) atoms. The fraction of sp³-hybridized carbons (Fsp3) is 0. The minimum absolute atomic E-state index is 0.196. The molecule has 0 saturated carbocycles. The Bertz CT molecular complexity index is 757. The largest absolute Gasteiger partial charge is 0.334 e. The van der Waals surface area contributed by atoms with E-state index in [4.69, 9.17) is 11.6 Å². The molecule has 0 saturated heterocycles. The second-order valence-corrected chi connectivity index (χ2v) is 4.65. The summed E-state index contributed by atoms with van der Waals surface area (Å²) in [6.45, 7) is 0. The monoisotopic (exact) mass is 283 g/mol. The van der Waals surface area contributed by atoms with Crippen molar-refractivity contribution < 1.29 is 4.79 Å². The number of pyridine rings is 1. The van der Waals surface area contributed by atoms with Crippen molar-refractivity contribution in [3.8, 4) is 0 Å². The Kier molecular flexibility index (Phi) is 3.31. The topological polar surface area (TPSA) is 58.6 Å². The lowest BCUT2D eigenvalue weighted by atomic mass is 10.2. The summed E-state index contributed by atoms with van der Waals surface area (Å²) in [6.07, 6.45) is 4.83. The maximum absolute atomic E-state index is 12.0. The number of aromatic amines is 1. The summed E-state index contributed by atoms with van der Waals surface area (Å²) < 4.78 is 0. The first-order valence-corrected chi connectivity index (χ1v) is 6.39. The van der Waals surface area contributed by atoms with Crippen molar-refractivity contribution in [3.63, 3.8) is 0 Å². The van der Waals surface area contributed by atoms with Gasteiger partial charge >= 0.3 is 0 Å². The number of aromatic nitrogens is 3. The summed E-state index contributed by atoms with van der Waals surface area (Å²) in [7, 11) is 0. The van der Waals surface area contributed by atoms with Gasteiger partial charge in [0, 0.05) is 11.2 Å². The van der Waals surface area contributed by atoms with Gasteiger partial charge in [0.2, 0.25) is 5.78 Å². The van der Waals surface area contributed by atoms with Gasteiger partial charge in [-0.25, -0.2) is 9.97 Å². The highest BCUT2D eigenvalue weighted by molar-refractivity contribution is 6.30. The van der Waals surface area contributed by atoms with E-state index in [-0.39, 0.29) is 11.6 Å². The van der Waals surface area contributed by atoms with Gasteiger partial charge in [0.1, 0.15) is 0 Å². The Morgan fingerprint density at radius 1 is 1.20 bits per heavy atom. The Labute approximate surface area is 120 Å². The summed E-state index contributed by atoms with van der Waals surface area (Å²) in [6, 6.07) is 10.8. The van der Waals surface area contributed by atoms with E-state index in [0.29, 0.717) is 10.7 Å². The molecule has 2 heterocycles. The third-order valence-corrected chi connectivity index (χ3v) is 3.04. The number of nitrogens with zero attached hydrogens (tertiary/aromatic N) is 2. The Balaban J connectivity index is 1.83. The lowest BCUT2D eigenvalue weighted by molar-refractivity contribution is 0.103. The van der Waals surface area contributed by atoms with E-state index in [2.05, 4.69) is 15.0 Å². The third-order valence-electron chi connectivity index (χ3n) is 2.79. The number of fused-ring (bicyclic) bond motifs is 1.